The summed E-state index contributed by atoms with van der Waals surface area (Å²) < 4.78 is 1.67. The molecule has 0 fully saturated rings. The minimum Gasteiger partial charge on any atom is -0.310 e. The van der Waals surface area contributed by atoms with Crippen molar-refractivity contribution in [2.24, 2.45) is 0 Å². The third kappa shape index (κ3) is 2.48. The van der Waals surface area contributed by atoms with E-state index in [-0.39, 0.29) is 5.91 Å². The number of aromatic nitrogens is 3. The van der Waals surface area contributed by atoms with Crippen molar-refractivity contribution in [2.45, 2.75) is 6.92 Å². The number of carbonyl (C=O) groups is 1. The molecule has 0 saturated heterocycles. The molecule has 1 heterocycles. The van der Waals surface area contributed by atoms with Crippen molar-refractivity contribution in [2.75, 3.05) is 11.9 Å². The fraction of sp³-hybridized carbons (Fsp3) is 0.118. The van der Waals surface area contributed by atoms with E-state index in [9.17, 15) is 4.79 Å². The summed E-state index contributed by atoms with van der Waals surface area (Å²) in [7, 11) is 1.73. The fourth-order valence-corrected chi connectivity index (χ4v) is 2.27. The molecule has 1 aromatic heterocycles. The molecule has 22 heavy (non-hydrogen) atoms. The van der Waals surface area contributed by atoms with Crippen LogP contribution in [0.3, 0.4) is 0 Å². The highest BCUT2D eigenvalue weighted by Gasteiger charge is 2.21. The Hall–Kier alpha value is -2.95. The summed E-state index contributed by atoms with van der Waals surface area (Å²) in [6.07, 6.45) is 0. The van der Waals surface area contributed by atoms with Gasteiger partial charge in [0.15, 0.2) is 5.69 Å². The summed E-state index contributed by atoms with van der Waals surface area (Å²) in [6, 6.07) is 19.1. The van der Waals surface area contributed by atoms with Gasteiger partial charge in [0.25, 0.3) is 5.91 Å². The van der Waals surface area contributed by atoms with Crippen molar-refractivity contribution < 1.29 is 4.79 Å². The Morgan fingerprint density at radius 3 is 2.23 bits per heavy atom. The molecule has 3 aromatic rings. The van der Waals surface area contributed by atoms with Crippen molar-refractivity contribution >= 4 is 11.6 Å². The van der Waals surface area contributed by atoms with Crippen LogP contribution in [-0.4, -0.2) is 27.9 Å². The van der Waals surface area contributed by atoms with Gasteiger partial charge in [-0.1, -0.05) is 41.6 Å². The van der Waals surface area contributed by atoms with Crippen LogP contribution in [0.5, 0.6) is 0 Å². The molecule has 0 saturated carbocycles. The molecule has 0 bridgehead atoms. The summed E-state index contributed by atoms with van der Waals surface area (Å²) >= 11 is 0. The Labute approximate surface area is 128 Å². The Bertz CT molecular complexity index is 781. The van der Waals surface area contributed by atoms with Gasteiger partial charge in [0.05, 0.1) is 11.4 Å². The van der Waals surface area contributed by atoms with E-state index < -0.39 is 0 Å². The minimum atomic E-state index is -0.175. The lowest BCUT2D eigenvalue weighted by Crippen LogP contribution is -2.27. The number of anilines is 1. The topological polar surface area (TPSA) is 51.0 Å². The van der Waals surface area contributed by atoms with E-state index in [4.69, 9.17) is 0 Å². The Morgan fingerprint density at radius 2 is 1.59 bits per heavy atom. The predicted octanol–water partition coefficient (Wildman–Crippen LogP) is 2.85. The number of rotatable bonds is 3. The first-order valence-electron chi connectivity index (χ1n) is 6.99. The van der Waals surface area contributed by atoms with Crippen LogP contribution in [0.1, 0.15) is 16.2 Å². The Kier molecular flexibility index (Phi) is 3.70. The summed E-state index contributed by atoms with van der Waals surface area (Å²) in [5.74, 6) is -0.175. The molecule has 1 amide bonds. The normalized spacial score (nSPS) is 10.5. The zero-order valence-electron chi connectivity index (χ0n) is 12.5. The molecular weight excluding hydrogens is 276 g/mol. The molecule has 110 valence electrons. The lowest BCUT2D eigenvalue weighted by atomic mass is 10.2. The second kappa shape index (κ2) is 5.81. The molecule has 2 aromatic carbocycles. The van der Waals surface area contributed by atoms with Crippen LogP contribution in [0.15, 0.2) is 60.7 Å². The summed E-state index contributed by atoms with van der Waals surface area (Å²) in [6.45, 7) is 1.85. The molecule has 0 aliphatic rings. The second-order valence-electron chi connectivity index (χ2n) is 4.97. The minimum absolute atomic E-state index is 0.175. The van der Waals surface area contributed by atoms with E-state index in [0.29, 0.717) is 5.69 Å². The lowest BCUT2D eigenvalue weighted by molar-refractivity contribution is 0.0987. The van der Waals surface area contributed by atoms with Gasteiger partial charge in [0, 0.05) is 12.7 Å². The van der Waals surface area contributed by atoms with Gasteiger partial charge < -0.3 is 4.90 Å². The zero-order valence-corrected chi connectivity index (χ0v) is 12.5. The highest BCUT2D eigenvalue weighted by Crippen LogP contribution is 2.17. The van der Waals surface area contributed by atoms with E-state index in [1.54, 1.807) is 16.6 Å². The average Bonchev–Trinajstić information content (AvgIpc) is 2.96. The first-order chi connectivity index (χ1) is 10.7. The second-order valence-corrected chi connectivity index (χ2v) is 4.97. The van der Waals surface area contributed by atoms with Crippen LogP contribution < -0.4 is 4.90 Å². The first kappa shape index (κ1) is 14.0. The fourth-order valence-electron chi connectivity index (χ4n) is 2.27. The average molecular weight is 292 g/mol. The van der Waals surface area contributed by atoms with Gasteiger partial charge in [-0.05, 0) is 31.2 Å². The molecule has 0 radical (unpaired) electrons. The Morgan fingerprint density at radius 1 is 1.00 bits per heavy atom. The van der Waals surface area contributed by atoms with E-state index in [2.05, 4.69) is 10.3 Å². The summed E-state index contributed by atoms with van der Waals surface area (Å²) in [5.41, 5.74) is 2.78. The highest BCUT2D eigenvalue weighted by atomic mass is 16.2. The van der Waals surface area contributed by atoms with E-state index in [1.165, 1.54) is 0 Å². The number of nitrogens with zero attached hydrogens (tertiary/aromatic N) is 4. The van der Waals surface area contributed by atoms with Gasteiger partial charge in [-0.25, -0.2) is 4.68 Å². The smallest absolute Gasteiger partial charge is 0.280 e. The molecule has 3 rings (SSSR count). The maximum Gasteiger partial charge on any atom is 0.280 e. The van der Waals surface area contributed by atoms with Gasteiger partial charge >= 0.3 is 0 Å². The molecule has 0 unspecified atom stereocenters. The quantitative estimate of drug-likeness (QED) is 0.746. The number of para-hydroxylation sites is 2. The van der Waals surface area contributed by atoms with Gasteiger partial charge in [0.1, 0.15) is 0 Å². The molecular formula is C17H16N4O. The van der Waals surface area contributed by atoms with Crippen molar-refractivity contribution in [1.29, 1.82) is 0 Å². The van der Waals surface area contributed by atoms with Crippen LogP contribution >= 0.6 is 0 Å². The number of benzene rings is 2. The van der Waals surface area contributed by atoms with Crippen LogP contribution in [0, 0.1) is 6.92 Å². The van der Waals surface area contributed by atoms with Crippen molar-refractivity contribution in [3.63, 3.8) is 0 Å². The molecule has 0 aliphatic heterocycles. The summed E-state index contributed by atoms with van der Waals surface area (Å²) in [5, 5.41) is 8.16. The zero-order chi connectivity index (χ0) is 15.5. The van der Waals surface area contributed by atoms with Gasteiger partial charge in [0.2, 0.25) is 0 Å². The van der Waals surface area contributed by atoms with Crippen LogP contribution in [0.2, 0.25) is 0 Å². The maximum atomic E-state index is 12.6. The summed E-state index contributed by atoms with van der Waals surface area (Å²) in [4.78, 5) is 14.2. The number of hydrogen-bond acceptors (Lipinski definition) is 3. The van der Waals surface area contributed by atoms with E-state index >= 15 is 0 Å². The number of amides is 1. The standard InChI is InChI=1S/C17H16N4O/c1-13-16(17(22)20(2)14-9-5-3-6-10-14)18-19-21(13)15-11-7-4-8-12-15/h3-12H,1-2H3. The molecule has 0 atom stereocenters. The molecule has 5 nitrogen and oxygen atoms in total. The van der Waals surface area contributed by atoms with Gasteiger partial charge in [-0.2, -0.15) is 0 Å². The SMILES string of the molecule is Cc1c(C(=O)N(C)c2ccccc2)nnn1-c1ccccc1. The lowest BCUT2D eigenvalue weighted by Gasteiger charge is -2.16. The van der Waals surface area contributed by atoms with Crippen molar-refractivity contribution in [3.8, 4) is 5.69 Å². The predicted molar refractivity (Wildman–Crippen MR) is 85.3 cm³/mol. The van der Waals surface area contributed by atoms with Crippen LogP contribution in [0.25, 0.3) is 5.69 Å². The van der Waals surface area contributed by atoms with Crippen molar-refractivity contribution in [1.82, 2.24) is 15.0 Å². The molecule has 0 N–H and O–H groups in total. The van der Waals surface area contributed by atoms with Gasteiger partial charge in [-0.3, -0.25) is 4.79 Å². The largest absolute Gasteiger partial charge is 0.310 e. The molecule has 5 heteroatoms. The van der Waals surface area contributed by atoms with Crippen LogP contribution in [-0.2, 0) is 0 Å². The Balaban J connectivity index is 1.93. The maximum absolute atomic E-state index is 12.6. The van der Waals surface area contributed by atoms with Crippen LogP contribution in [0.4, 0.5) is 5.69 Å². The molecule has 0 aliphatic carbocycles. The monoisotopic (exact) mass is 292 g/mol. The third-order valence-electron chi connectivity index (χ3n) is 3.55. The first-order valence-corrected chi connectivity index (χ1v) is 6.99. The number of carbonyl (C=O) groups excluding carboxylic acids is 1. The highest BCUT2D eigenvalue weighted by molar-refractivity contribution is 6.05. The van der Waals surface area contributed by atoms with E-state index in [0.717, 1.165) is 17.1 Å². The third-order valence-corrected chi connectivity index (χ3v) is 3.55. The van der Waals surface area contributed by atoms with Crippen molar-refractivity contribution in [3.05, 3.63) is 72.1 Å². The molecule has 0 spiro atoms. The number of hydrogen-bond donors (Lipinski definition) is 0. The van der Waals surface area contributed by atoms with Gasteiger partial charge in [-0.15, -0.1) is 5.10 Å². The van der Waals surface area contributed by atoms with E-state index in [1.807, 2.05) is 67.6 Å².